The second-order valence-electron chi connectivity index (χ2n) is 7.79. The van der Waals surface area contributed by atoms with Crippen LogP contribution in [0.1, 0.15) is 32.4 Å². The molecule has 2 aromatic heterocycles. The van der Waals surface area contributed by atoms with Crippen molar-refractivity contribution in [3.8, 4) is 0 Å². The van der Waals surface area contributed by atoms with Gasteiger partial charge in [-0.2, -0.15) is 0 Å². The number of imidazole rings is 1. The number of carbonyl (C=O) groups is 1. The Bertz CT molecular complexity index is 1200. The fraction of sp³-hybridized carbons (Fsp3) is 0.250. The molecule has 0 saturated heterocycles. The number of aryl methyl sites for hydroxylation is 3. The molecule has 4 aromatic rings. The molecule has 1 amide bonds. The molecule has 0 unspecified atom stereocenters. The SMILES string of the molecule is Cc1cc(C(=O)Nc2ccc(N3CCCn4c(nc5ccccc54)C3)cc2)sc1C. The van der Waals surface area contributed by atoms with Crippen LogP contribution in [0.2, 0.25) is 0 Å². The zero-order chi connectivity index (χ0) is 20.7. The number of anilines is 2. The number of aromatic nitrogens is 2. The number of nitrogens with one attached hydrogen (secondary N) is 1. The third-order valence-corrected chi connectivity index (χ3v) is 6.91. The fourth-order valence-electron chi connectivity index (χ4n) is 4.02. The van der Waals surface area contributed by atoms with Crippen molar-refractivity contribution in [3.63, 3.8) is 0 Å². The van der Waals surface area contributed by atoms with Gasteiger partial charge in [-0.25, -0.2) is 4.98 Å². The highest BCUT2D eigenvalue weighted by Gasteiger charge is 2.18. The number of amides is 1. The average Bonchev–Trinajstić information content (AvgIpc) is 3.19. The summed E-state index contributed by atoms with van der Waals surface area (Å²) in [4.78, 5) is 21.7. The largest absolute Gasteiger partial charge is 0.364 e. The van der Waals surface area contributed by atoms with Crippen molar-refractivity contribution in [2.45, 2.75) is 33.4 Å². The summed E-state index contributed by atoms with van der Waals surface area (Å²) < 4.78 is 2.34. The van der Waals surface area contributed by atoms with Crippen molar-refractivity contribution < 1.29 is 4.79 Å². The molecule has 2 aromatic carbocycles. The van der Waals surface area contributed by atoms with E-state index < -0.39 is 0 Å². The van der Waals surface area contributed by atoms with Crippen LogP contribution in [0.25, 0.3) is 11.0 Å². The second-order valence-corrected chi connectivity index (χ2v) is 9.05. The maximum Gasteiger partial charge on any atom is 0.265 e. The number of hydrogen-bond donors (Lipinski definition) is 1. The van der Waals surface area contributed by atoms with Gasteiger partial charge in [0, 0.05) is 29.3 Å². The summed E-state index contributed by atoms with van der Waals surface area (Å²) >= 11 is 1.54. The van der Waals surface area contributed by atoms with Crippen molar-refractivity contribution in [3.05, 3.63) is 75.7 Å². The molecule has 1 N–H and O–H groups in total. The Hall–Kier alpha value is -3.12. The Labute approximate surface area is 180 Å². The van der Waals surface area contributed by atoms with Gasteiger partial charge in [-0.3, -0.25) is 4.79 Å². The first-order valence-corrected chi connectivity index (χ1v) is 11.1. The third kappa shape index (κ3) is 3.48. The second kappa shape index (κ2) is 7.61. The van der Waals surface area contributed by atoms with E-state index in [4.69, 9.17) is 4.98 Å². The van der Waals surface area contributed by atoms with E-state index in [1.807, 2.05) is 38.1 Å². The van der Waals surface area contributed by atoms with Crippen molar-refractivity contribution >= 4 is 39.7 Å². The number of nitrogens with zero attached hydrogens (tertiary/aromatic N) is 3. The van der Waals surface area contributed by atoms with Gasteiger partial charge in [0.1, 0.15) is 5.82 Å². The Balaban J connectivity index is 1.33. The highest BCUT2D eigenvalue weighted by molar-refractivity contribution is 7.14. The molecule has 3 heterocycles. The quantitative estimate of drug-likeness (QED) is 0.488. The van der Waals surface area contributed by atoms with E-state index in [1.54, 1.807) is 0 Å². The Kier molecular flexibility index (Phi) is 4.79. The molecule has 0 atom stereocenters. The van der Waals surface area contributed by atoms with Gasteiger partial charge in [0.25, 0.3) is 5.91 Å². The number of hydrogen-bond acceptors (Lipinski definition) is 4. The van der Waals surface area contributed by atoms with Gasteiger partial charge < -0.3 is 14.8 Å². The van der Waals surface area contributed by atoms with Crippen molar-refractivity contribution in [2.24, 2.45) is 0 Å². The molecular weight excluding hydrogens is 392 g/mol. The van der Waals surface area contributed by atoms with E-state index in [0.717, 1.165) is 59.2 Å². The van der Waals surface area contributed by atoms with E-state index in [-0.39, 0.29) is 5.91 Å². The number of thiophene rings is 1. The van der Waals surface area contributed by atoms with Crippen LogP contribution in [0.5, 0.6) is 0 Å². The lowest BCUT2D eigenvalue weighted by Crippen LogP contribution is -2.22. The standard InChI is InChI=1S/C24H24N4OS/c1-16-14-22(30-17(16)2)24(29)25-18-8-10-19(11-9-18)27-12-5-13-28-21-7-4-3-6-20(21)26-23(28)15-27/h3-4,6-11,14H,5,12-13,15H2,1-2H3,(H,25,29). The summed E-state index contributed by atoms with van der Waals surface area (Å²) in [7, 11) is 0. The number of benzene rings is 2. The van der Waals surface area contributed by atoms with Crippen LogP contribution in [0.15, 0.2) is 54.6 Å². The van der Waals surface area contributed by atoms with Gasteiger partial charge in [-0.1, -0.05) is 12.1 Å². The molecule has 0 radical (unpaired) electrons. The van der Waals surface area contributed by atoms with E-state index in [0.29, 0.717) is 0 Å². The summed E-state index contributed by atoms with van der Waals surface area (Å²) in [5.74, 6) is 1.06. The predicted octanol–water partition coefficient (Wildman–Crippen LogP) is 5.38. The summed E-state index contributed by atoms with van der Waals surface area (Å²) in [5, 5.41) is 3.01. The minimum Gasteiger partial charge on any atom is -0.364 e. The number of fused-ring (bicyclic) bond motifs is 3. The zero-order valence-corrected chi connectivity index (χ0v) is 18.0. The molecular formula is C24H24N4OS. The van der Waals surface area contributed by atoms with E-state index in [9.17, 15) is 4.79 Å². The first kappa shape index (κ1) is 18.9. The van der Waals surface area contributed by atoms with Gasteiger partial charge >= 0.3 is 0 Å². The highest BCUT2D eigenvalue weighted by atomic mass is 32.1. The molecule has 1 aliphatic heterocycles. The molecule has 5 rings (SSSR count). The zero-order valence-electron chi connectivity index (χ0n) is 17.2. The monoisotopic (exact) mass is 416 g/mol. The number of para-hydroxylation sites is 2. The fourth-order valence-corrected chi connectivity index (χ4v) is 4.95. The Morgan fingerprint density at radius 1 is 1.07 bits per heavy atom. The Morgan fingerprint density at radius 3 is 2.63 bits per heavy atom. The van der Waals surface area contributed by atoms with Gasteiger partial charge in [0.15, 0.2) is 0 Å². The van der Waals surface area contributed by atoms with Crippen molar-refractivity contribution in [1.82, 2.24) is 9.55 Å². The van der Waals surface area contributed by atoms with Crippen LogP contribution in [0, 0.1) is 13.8 Å². The van der Waals surface area contributed by atoms with Crippen molar-refractivity contribution in [2.75, 3.05) is 16.8 Å². The molecule has 30 heavy (non-hydrogen) atoms. The molecule has 0 saturated carbocycles. The molecule has 0 aliphatic carbocycles. The Morgan fingerprint density at radius 2 is 1.87 bits per heavy atom. The van der Waals surface area contributed by atoms with E-state index in [2.05, 4.69) is 45.1 Å². The summed E-state index contributed by atoms with van der Waals surface area (Å²) in [5.41, 5.74) is 5.40. The lowest BCUT2D eigenvalue weighted by atomic mass is 10.2. The first-order chi connectivity index (χ1) is 14.6. The molecule has 5 nitrogen and oxygen atoms in total. The maximum atomic E-state index is 12.5. The lowest BCUT2D eigenvalue weighted by molar-refractivity contribution is 0.103. The minimum absolute atomic E-state index is 0.0487. The van der Waals surface area contributed by atoms with Gasteiger partial charge in [0.05, 0.1) is 22.5 Å². The highest BCUT2D eigenvalue weighted by Crippen LogP contribution is 2.26. The summed E-state index contributed by atoms with van der Waals surface area (Å²) in [6.07, 6.45) is 1.07. The van der Waals surface area contributed by atoms with Crippen LogP contribution in [-0.2, 0) is 13.1 Å². The number of rotatable bonds is 3. The molecule has 152 valence electrons. The molecule has 0 fully saturated rings. The molecule has 0 spiro atoms. The van der Waals surface area contributed by atoms with E-state index >= 15 is 0 Å². The lowest BCUT2D eigenvalue weighted by Gasteiger charge is -2.22. The summed E-state index contributed by atoms with van der Waals surface area (Å²) in [6.45, 7) is 6.83. The number of carbonyl (C=O) groups excluding carboxylic acids is 1. The van der Waals surface area contributed by atoms with Gasteiger partial charge in [-0.05, 0) is 68.3 Å². The van der Waals surface area contributed by atoms with Crippen molar-refractivity contribution in [1.29, 1.82) is 0 Å². The molecule has 6 heteroatoms. The normalized spacial score (nSPS) is 13.9. The third-order valence-electron chi connectivity index (χ3n) is 5.76. The van der Waals surface area contributed by atoms with Gasteiger partial charge in [0.2, 0.25) is 0 Å². The van der Waals surface area contributed by atoms with Crippen LogP contribution in [-0.4, -0.2) is 22.0 Å². The predicted molar refractivity (Wildman–Crippen MR) is 124 cm³/mol. The smallest absolute Gasteiger partial charge is 0.265 e. The molecule has 1 aliphatic rings. The first-order valence-electron chi connectivity index (χ1n) is 10.3. The van der Waals surface area contributed by atoms with Crippen LogP contribution in [0.4, 0.5) is 11.4 Å². The minimum atomic E-state index is -0.0487. The van der Waals surface area contributed by atoms with Gasteiger partial charge in [-0.15, -0.1) is 11.3 Å². The van der Waals surface area contributed by atoms with E-state index in [1.165, 1.54) is 21.7 Å². The average molecular weight is 417 g/mol. The molecule has 0 bridgehead atoms. The van der Waals surface area contributed by atoms with Crippen LogP contribution >= 0.6 is 11.3 Å². The maximum absolute atomic E-state index is 12.5. The summed E-state index contributed by atoms with van der Waals surface area (Å²) in [6, 6.07) is 18.4. The van der Waals surface area contributed by atoms with Crippen LogP contribution in [0.3, 0.4) is 0 Å². The van der Waals surface area contributed by atoms with Crippen LogP contribution < -0.4 is 10.2 Å². The topological polar surface area (TPSA) is 50.2 Å².